The van der Waals surface area contributed by atoms with Gasteiger partial charge in [0.15, 0.2) is 0 Å². The molecule has 1 fully saturated rings. The van der Waals surface area contributed by atoms with E-state index in [-0.39, 0.29) is 0 Å². The molecule has 0 amide bonds. The fraction of sp³-hybridized carbons (Fsp3) is 1.00. The molecular formula is C6H13ClN2. The van der Waals surface area contributed by atoms with E-state index in [0.29, 0.717) is 12.1 Å². The molecule has 1 heterocycles. The molecule has 2 atom stereocenters. The second-order valence-corrected chi connectivity index (χ2v) is 3.27. The molecule has 0 saturated carbocycles. The Morgan fingerprint density at radius 3 is 2.11 bits per heavy atom. The van der Waals surface area contributed by atoms with Crippen molar-refractivity contribution in [2.24, 2.45) is 0 Å². The molecule has 0 spiro atoms. The standard InChI is InChI=1S/C6H13ClN2/c1-5-3-9(7)4-6(2)8-5/h5-6,8H,3-4H2,1-2H3. The van der Waals surface area contributed by atoms with Gasteiger partial charge in [-0.2, -0.15) is 0 Å². The zero-order chi connectivity index (χ0) is 6.85. The van der Waals surface area contributed by atoms with Crippen LogP contribution in [0.4, 0.5) is 0 Å². The van der Waals surface area contributed by atoms with Gasteiger partial charge in [-0.1, -0.05) is 0 Å². The molecule has 3 heteroatoms. The summed E-state index contributed by atoms with van der Waals surface area (Å²) in [6, 6.07) is 1.07. The number of nitrogens with zero attached hydrogens (tertiary/aromatic N) is 1. The molecular weight excluding hydrogens is 136 g/mol. The van der Waals surface area contributed by atoms with Crippen LogP contribution in [0.3, 0.4) is 0 Å². The third-order valence-corrected chi connectivity index (χ3v) is 1.79. The first kappa shape index (κ1) is 7.32. The van der Waals surface area contributed by atoms with E-state index in [1.807, 2.05) is 4.42 Å². The maximum atomic E-state index is 5.80. The summed E-state index contributed by atoms with van der Waals surface area (Å²) >= 11 is 5.80. The van der Waals surface area contributed by atoms with Gasteiger partial charge in [-0.3, -0.25) is 0 Å². The lowest BCUT2D eigenvalue weighted by Gasteiger charge is -2.31. The minimum absolute atomic E-state index is 0.534. The van der Waals surface area contributed by atoms with Crippen LogP contribution in [0, 0.1) is 0 Å². The molecule has 0 aromatic rings. The summed E-state index contributed by atoms with van der Waals surface area (Å²) in [5, 5.41) is 3.38. The molecule has 0 bridgehead atoms. The van der Waals surface area contributed by atoms with E-state index >= 15 is 0 Å². The first-order valence-corrected chi connectivity index (χ1v) is 3.69. The highest BCUT2D eigenvalue weighted by atomic mass is 35.5. The van der Waals surface area contributed by atoms with Gasteiger partial charge in [-0.15, -0.1) is 0 Å². The second kappa shape index (κ2) is 2.86. The van der Waals surface area contributed by atoms with Gasteiger partial charge in [0.25, 0.3) is 0 Å². The molecule has 0 radical (unpaired) electrons. The van der Waals surface area contributed by atoms with Gasteiger partial charge in [0.05, 0.1) is 0 Å². The number of rotatable bonds is 0. The van der Waals surface area contributed by atoms with Crippen molar-refractivity contribution < 1.29 is 0 Å². The summed E-state index contributed by atoms with van der Waals surface area (Å²) in [5.74, 6) is 0. The summed E-state index contributed by atoms with van der Waals surface area (Å²) in [6.45, 7) is 6.19. The number of hydrogen-bond donors (Lipinski definition) is 1. The van der Waals surface area contributed by atoms with Crippen LogP contribution in [-0.2, 0) is 0 Å². The number of halogens is 1. The molecule has 0 aromatic heterocycles. The Labute approximate surface area is 61.3 Å². The topological polar surface area (TPSA) is 15.3 Å². The minimum Gasteiger partial charge on any atom is -0.309 e. The molecule has 0 aromatic carbocycles. The highest BCUT2D eigenvalue weighted by Crippen LogP contribution is 2.05. The average molecular weight is 149 g/mol. The first-order valence-electron chi connectivity index (χ1n) is 3.35. The van der Waals surface area contributed by atoms with Crippen molar-refractivity contribution in [2.45, 2.75) is 25.9 Å². The van der Waals surface area contributed by atoms with Crippen molar-refractivity contribution in [1.29, 1.82) is 0 Å². The van der Waals surface area contributed by atoms with E-state index < -0.39 is 0 Å². The van der Waals surface area contributed by atoms with E-state index in [0.717, 1.165) is 13.1 Å². The first-order chi connectivity index (χ1) is 4.18. The zero-order valence-corrected chi connectivity index (χ0v) is 6.65. The zero-order valence-electron chi connectivity index (χ0n) is 5.89. The van der Waals surface area contributed by atoms with Crippen LogP contribution >= 0.6 is 11.8 Å². The molecule has 1 aliphatic rings. The Hall–Kier alpha value is 0.210. The third kappa shape index (κ3) is 2.12. The van der Waals surface area contributed by atoms with E-state index in [4.69, 9.17) is 11.8 Å². The maximum absolute atomic E-state index is 5.80. The van der Waals surface area contributed by atoms with Crippen LogP contribution in [0.5, 0.6) is 0 Å². The van der Waals surface area contributed by atoms with Crippen molar-refractivity contribution in [1.82, 2.24) is 9.74 Å². The highest BCUT2D eigenvalue weighted by molar-refractivity contribution is 6.13. The summed E-state index contributed by atoms with van der Waals surface area (Å²) in [4.78, 5) is 0. The monoisotopic (exact) mass is 148 g/mol. The van der Waals surface area contributed by atoms with Gasteiger partial charge >= 0.3 is 0 Å². The summed E-state index contributed by atoms with van der Waals surface area (Å²) < 4.78 is 1.84. The lowest BCUT2D eigenvalue weighted by molar-refractivity contribution is 0.272. The van der Waals surface area contributed by atoms with Gasteiger partial charge in [0.2, 0.25) is 0 Å². The maximum Gasteiger partial charge on any atom is 0.0291 e. The number of piperazine rings is 1. The smallest absolute Gasteiger partial charge is 0.0291 e. The van der Waals surface area contributed by atoms with Crippen molar-refractivity contribution in [3.8, 4) is 0 Å². The molecule has 2 nitrogen and oxygen atoms in total. The van der Waals surface area contributed by atoms with Gasteiger partial charge in [0, 0.05) is 25.2 Å². The quantitative estimate of drug-likeness (QED) is 0.512. The van der Waals surface area contributed by atoms with Crippen molar-refractivity contribution in [3.05, 3.63) is 0 Å². The van der Waals surface area contributed by atoms with Crippen molar-refractivity contribution >= 4 is 11.8 Å². The van der Waals surface area contributed by atoms with Crippen LogP contribution < -0.4 is 5.32 Å². The largest absolute Gasteiger partial charge is 0.309 e. The SMILES string of the molecule is CC1CN(Cl)CC(C)N1. The predicted molar refractivity (Wildman–Crippen MR) is 39.5 cm³/mol. The molecule has 0 aliphatic carbocycles. The molecule has 1 rings (SSSR count). The Balaban J connectivity index is 2.34. The Kier molecular flexibility index (Phi) is 2.33. The average Bonchev–Trinajstić information content (AvgIpc) is 1.59. The summed E-state index contributed by atoms with van der Waals surface area (Å²) in [5.41, 5.74) is 0. The second-order valence-electron chi connectivity index (χ2n) is 2.80. The van der Waals surface area contributed by atoms with Gasteiger partial charge in [-0.25, -0.2) is 4.42 Å². The third-order valence-electron chi connectivity index (χ3n) is 1.51. The predicted octanol–water partition coefficient (Wildman–Crippen LogP) is 0.822. The minimum atomic E-state index is 0.534. The van der Waals surface area contributed by atoms with Crippen molar-refractivity contribution in [2.75, 3.05) is 13.1 Å². The van der Waals surface area contributed by atoms with Gasteiger partial charge in [-0.05, 0) is 25.6 Å². The number of nitrogens with one attached hydrogen (secondary N) is 1. The van der Waals surface area contributed by atoms with E-state index in [2.05, 4.69) is 19.2 Å². The Morgan fingerprint density at radius 1 is 1.33 bits per heavy atom. The van der Waals surface area contributed by atoms with E-state index in [1.54, 1.807) is 0 Å². The van der Waals surface area contributed by atoms with Crippen LogP contribution in [0.25, 0.3) is 0 Å². The summed E-state index contributed by atoms with van der Waals surface area (Å²) in [7, 11) is 0. The van der Waals surface area contributed by atoms with E-state index in [9.17, 15) is 0 Å². The molecule has 9 heavy (non-hydrogen) atoms. The Morgan fingerprint density at radius 2 is 1.78 bits per heavy atom. The fourth-order valence-corrected chi connectivity index (χ4v) is 1.67. The Bertz CT molecular complexity index is 72.0. The molecule has 1 saturated heterocycles. The molecule has 1 aliphatic heterocycles. The molecule has 1 N–H and O–H groups in total. The lowest BCUT2D eigenvalue weighted by atomic mass is 10.2. The van der Waals surface area contributed by atoms with Crippen LogP contribution in [0.2, 0.25) is 0 Å². The summed E-state index contributed by atoms with van der Waals surface area (Å²) in [6.07, 6.45) is 0. The fourth-order valence-electron chi connectivity index (χ4n) is 1.26. The number of hydrogen-bond acceptors (Lipinski definition) is 2. The highest BCUT2D eigenvalue weighted by Gasteiger charge is 2.18. The normalized spacial score (nSPS) is 39.0. The lowest BCUT2D eigenvalue weighted by Crippen LogP contribution is -2.50. The van der Waals surface area contributed by atoms with Crippen molar-refractivity contribution in [3.63, 3.8) is 0 Å². The molecule has 54 valence electrons. The van der Waals surface area contributed by atoms with Crippen LogP contribution in [0.15, 0.2) is 0 Å². The van der Waals surface area contributed by atoms with Crippen LogP contribution in [0.1, 0.15) is 13.8 Å². The molecule has 2 unspecified atom stereocenters. The van der Waals surface area contributed by atoms with Gasteiger partial charge < -0.3 is 5.32 Å². The van der Waals surface area contributed by atoms with E-state index in [1.165, 1.54) is 0 Å². The van der Waals surface area contributed by atoms with Gasteiger partial charge in [0.1, 0.15) is 0 Å². The van der Waals surface area contributed by atoms with Crippen LogP contribution in [-0.4, -0.2) is 29.6 Å².